The highest BCUT2D eigenvalue weighted by atomic mass is 16.5. The average Bonchev–Trinajstić information content (AvgIpc) is 3.36. The Hall–Kier alpha value is -8.60. The van der Waals surface area contributed by atoms with Crippen LogP contribution in [0.1, 0.15) is 0 Å². The van der Waals surface area contributed by atoms with Crippen LogP contribution in [0.5, 0.6) is 23.0 Å². The van der Waals surface area contributed by atoms with Crippen LogP contribution in [0.15, 0.2) is 218 Å². The van der Waals surface area contributed by atoms with Gasteiger partial charge in [-0.1, -0.05) is 158 Å². The number of ether oxygens (including phenoxy) is 2. The summed E-state index contributed by atoms with van der Waals surface area (Å²) in [5.74, 6) is 3.30. The molecule has 2 heterocycles. The fourth-order valence-corrected chi connectivity index (χ4v) is 10.3. The summed E-state index contributed by atoms with van der Waals surface area (Å²) in [4.78, 5) is 4.72. The second-order valence-electron chi connectivity index (χ2n) is 16.9. The standard InChI is InChI=1S/C60H36N2O2/c1-2-14-40-33-43(26-21-37(40)11-1)62-55-31-23-38-12-3-5-15-45(38)59(55)63-57-32-25-41(34-56(57)62)42-24-29-53-58(35-42)64-60-46-16-6-4-13-39(46)22-30-54(60)61(53)44-27-28-51-49-19-8-7-17-47(49)48-18-9-10-20-50(48)52(51)36-44/h1-36H. The normalized spacial score (nSPS) is 12.9. The maximum Gasteiger partial charge on any atom is 0.159 e. The van der Waals surface area contributed by atoms with Gasteiger partial charge in [0.15, 0.2) is 23.0 Å². The van der Waals surface area contributed by atoms with E-state index in [9.17, 15) is 0 Å². The second-order valence-corrected chi connectivity index (χ2v) is 16.9. The van der Waals surface area contributed by atoms with Crippen molar-refractivity contribution in [3.63, 3.8) is 0 Å². The van der Waals surface area contributed by atoms with Crippen LogP contribution < -0.4 is 19.3 Å². The highest BCUT2D eigenvalue weighted by molar-refractivity contribution is 6.26. The van der Waals surface area contributed by atoms with E-state index < -0.39 is 0 Å². The molecule has 0 atom stereocenters. The smallest absolute Gasteiger partial charge is 0.159 e. The highest BCUT2D eigenvalue weighted by Crippen LogP contribution is 2.56. The summed E-state index contributed by atoms with van der Waals surface area (Å²) in [5, 5.41) is 14.3. The van der Waals surface area contributed by atoms with Crippen molar-refractivity contribution in [2.75, 3.05) is 9.80 Å². The molecule has 12 aromatic carbocycles. The van der Waals surface area contributed by atoms with Crippen molar-refractivity contribution >= 4 is 98.8 Å². The van der Waals surface area contributed by atoms with Crippen molar-refractivity contribution in [2.45, 2.75) is 0 Å². The summed E-state index contributed by atoms with van der Waals surface area (Å²) in [5.41, 5.74) is 8.21. The monoisotopic (exact) mass is 816 g/mol. The van der Waals surface area contributed by atoms with Crippen LogP contribution in [0.2, 0.25) is 0 Å². The van der Waals surface area contributed by atoms with E-state index in [1.54, 1.807) is 0 Å². The Morgan fingerprint density at radius 1 is 0.250 bits per heavy atom. The number of hydrogen-bond acceptors (Lipinski definition) is 4. The van der Waals surface area contributed by atoms with E-state index in [-0.39, 0.29) is 0 Å². The van der Waals surface area contributed by atoms with Gasteiger partial charge in [0.05, 0.1) is 22.7 Å². The minimum atomic E-state index is 0.794. The molecule has 2 aliphatic rings. The minimum absolute atomic E-state index is 0.794. The van der Waals surface area contributed by atoms with E-state index in [0.717, 1.165) is 89.8 Å². The Morgan fingerprint density at radius 3 is 1.38 bits per heavy atom. The molecule has 4 nitrogen and oxygen atoms in total. The first-order valence-corrected chi connectivity index (χ1v) is 21.8. The summed E-state index contributed by atoms with van der Waals surface area (Å²) < 4.78 is 13.9. The van der Waals surface area contributed by atoms with Crippen molar-refractivity contribution in [3.05, 3.63) is 218 Å². The molecule has 0 fully saturated rings. The summed E-state index contributed by atoms with van der Waals surface area (Å²) in [6.07, 6.45) is 0. The number of fused-ring (bicyclic) bond motifs is 15. The van der Waals surface area contributed by atoms with E-state index in [0.29, 0.717) is 0 Å². The Kier molecular flexibility index (Phi) is 7.36. The Morgan fingerprint density at radius 2 is 0.703 bits per heavy atom. The summed E-state index contributed by atoms with van der Waals surface area (Å²) in [6.45, 7) is 0. The Bertz CT molecular complexity index is 3910. The van der Waals surface area contributed by atoms with Crippen molar-refractivity contribution in [3.8, 4) is 34.1 Å². The van der Waals surface area contributed by atoms with Gasteiger partial charge >= 0.3 is 0 Å². The van der Waals surface area contributed by atoms with Crippen molar-refractivity contribution in [2.24, 2.45) is 0 Å². The van der Waals surface area contributed by atoms with Crippen LogP contribution >= 0.6 is 0 Å². The molecule has 0 unspecified atom stereocenters. The lowest BCUT2D eigenvalue weighted by Gasteiger charge is -2.35. The third kappa shape index (κ3) is 5.17. The molecule has 0 radical (unpaired) electrons. The molecule has 14 rings (SSSR count). The molecule has 0 bridgehead atoms. The molecular weight excluding hydrogens is 781 g/mol. The topological polar surface area (TPSA) is 24.9 Å². The molecule has 64 heavy (non-hydrogen) atoms. The van der Waals surface area contributed by atoms with E-state index >= 15 is 0 Å². The SMILES string of the molecule is c1ccc2cc(N3c4cc(-c5ccc6c(c5)Oc5c(ccc7ccccc57)N6c5ccc6c7ccccc7c7ccccc7c6c5)ccc4Oc4c3ccc3ccccc43)ccc2c1. The predicted molar refractivity (Wildman–Crippen MR) is 266 cm³/mol. The lowest BCUT2D eigenvalue weighted by Crippen LogP contribution is -2.16. The first-order valence-electron chi connectivity index (χ1n) is 21.8. The lowest BCUT2D eigenvalue weighted by atomic mass is 9.93. The number of rotatable bonds is 3. The fraction of sp³-hybridized carbons (Fsp3) is 0. The van der Waals surface area contributed by atoms with E-state index in [2.05, 4.69) is 228 Å². The number of hydrogen-bond donors (Lipinski definition) is 0. The molecule has 2 aliphatic heterocycles. The van der Waals surface area contributed by atoms with Gasteiger partial charge in [-0.3, -0.25) is 0 Å². The predicted octanol–water partition coefficient (Wildman–Crippen LogP) is 17.4. The number of nitrogens with zero attached hydrogens (tertiary/aromatic N) is 2. The maximum absolute atomic E-state index is 7.07. The van der Waals surface area contributed by atoms with Gasteiger partial charge in [-0.05, 0) is 126 Å². The Labute approximate surface area is 369 Å². The zero-order chi connectivity index (χ0) is 41.9. The first-order chi connectivity index (χ1) is 31.7. The van der Waals surface area contributed by atoms with Gasteiger partial charge in [-0.15, -0.1) is 0 Å². The van der Waals surface area contributed by atoms with E-state index in [1.807, 2.05) is 0 Å². The van der Waals surface area contributed by atoms with Gasteiger partial charge in [0.1, 0.15) is 0 Å². The first kappa shape index (κ1) is 35.0. The van der Waals surface area contributed by atoms with Gasteiger partial charge in [-0.2, -0.15) is 0 Å². The molecule has 0 amide bonds. The zero-order valence-electron chi connectivity index (χ0n) is 34.5. The van der Waals surface area contributed by atoms with E-state index in [4.69, 9.17) is 9.47 Å². The molecule has 0 spiro atoms. The number of anilines is 6. The second kappa shape index (κ2) is 13.4. The fourth-order valence-electron chi connectivity index (χ4n) is 10.3. The molecule has 0 saturated heterocycles. The maximum atomic E-state index is 7.07. The molecule has 0 aromatic heterocycles. The van der Waals surface area contributed by atoms with Crippen molar-refractivity contribution in [1.82, 2.24) is 0 Å². The van der Waals surface area contributed by atoms with Crippen LogP contribution in [-0.4, -0.2) is 0 Å². The van der Waals surface area contributed by atoms with Crippen LogP contribution in [0.25, 0.3) is 75.8 Å². The highest BCUT2D eigenvalue weighted by Gasteiger charge is 2.31. The third-order valence-corrected chi connectivity index (χ3v) is 13.3. The van der Waals surface area contributed by atoms with Crippen molar-refractivity contribution in [1.29, 1.82) is 0 Å². The molecular formula is C60H36N2O2. The van der Waals surface area contributed by atoms with Gasteiger partial charge in [-0.25, -0.2) is 0 Å². The molecule has 0 saturated carbocycles. The molecule has 12 aromatic rings. The average molecular weight is 817 g/mol. The summed E-state index contributed by atoms with van der Waals surface area (Å²) >= 11 is 0. The Balaban J connectivity index is 0.944. The minimum Gasteiger partial charge on any atom is -0.452 e. The number of benzene rings is 12. The van der Waals surface area contributed by atoms with Crippen LogP contribution in [0.4, 0.5) is 34.1 Å². The van der Waals surface area contributed by atoms with Crippen molar-refractivity contribution < 1.29 is 9.47 Å². The van der Waals surface area contributed by atoms with Gasteiger partial charge < -0.3 is 19.3 Å². The van der Waals surface area contributed by atoms with E-state index in [1.165, 1.54) is 43.1 Å². The molecule has 0 aliphatic carbocycles. The summed E-state index contributed by atoms with van der Waals surface area (Å²) in [7, 11) is 0. The summed E-state index contributed by atoms with van der Waals surface area (Å²) in [6, 6.07) is 78.5. The van der Waals surface area contributed by atoms with Gasteiger partial charge in [0.2, 0.25) is 0 Å². The van der Waals surface area contributed by atoms with Crippen LogP contribution in [0, 0.1) is 0 Å². The quantitative estimate of drug-likeness (QED) is 0.166. The molecule has 4 heteroatoms. The zero-order valence-corrected chi connectivity index (χ0v) is 34.5. The van der Waals surface area contributed by atoms with Crippen LogP contribution in [0.3, 0.4) is 0 Å². The van der Waals surface area contributed by atoms with Gasteiger partial charge in [0.25, 0.3) is 0 Å². The molecule has 298 valence electrons. The third-order valence-electron chi connectivity index (χ3n) is 13.3. The lowest BCUT2D eigenvalue weighted by molar-refractivity contribution is 0.482. The largest absolute Gasteiger partial charge is 0.452 e. The van der Waals surface area contributed by atoms with Gasteiger partial charge in [0, 0.05) is 22.1 Å². The van der Waals surface area contributed by atoms with Crippen LogP contribution in [-0.2, 0) is 0 Å². The molecule has 0 N–H and O–H groups in total.